The van der Waals surface area contributed by atoms with Gasteiger partial charge in [-0.25, -0.2) is 9.97 Å². The van der Waals surface area contributed by atoms with Crippen LogP contribution < -0.4 is 18.9 Å². The van der Waals surface area contributed by atoms with Crippen LogP contribution in [0.15, 0.2) is 121 Å². The summed E-state index contributed by atoms with van der Waals surface area (Å²) in [6.45, 7) is 42.4. The minimum atomic E-state index is -0.192. The third-order valence-corrected chi connectivity index (χ3v) is 15.7. The van der Waals surface area contributed by atoms with E-state index in [1.54, 1.807) is 0 Å². The molecule has 8 nitrogen and oxygen atoms in total. The summed E-state index contributed by atoms with van der Waals surface area (Å²) in [6.07, 6.45) is 2.26. The first-order valence-electron chi connectivity index (χ1n) is 30.5. The maximum Gasteiger partial charge on any atom is 0.130 e. The molecule has 0 fully saturated rings. The Morgan fingerprint density at radius 1 is 0.333 bits per heavy atom. The minimum absolute atomic E-state index is 0.192. The van der Waals surface area contributed by atoms with Crippen molar-refractivity contribution in [2.45, 2.75) is 185 Å². The van der Waals surface area contributed by atoms with Gasteiger partial charge in [-0.2, -0.15) is 0 Å². The van der Waals surface area contributed by atoms with Gasteiger partial charge < -0.3 is 18.9 Å². The van der Waals surface area contributed by atoms with Gasteiger partial charge in [0.25, 0.3) is 0 Å². The summed E-state index contributed by atoms with van der Waals surface area (Å²) in [6, 6.07) is 43.7. The van der Waals surface area contributed by atoms with E-state index in [0.29, 0.717) is 38.9 Å². The van der Waals surface area contributed by atoms with E-state index in [4.69, 9.17) is 38.9 Å². The molecule has 0 aliphatic heterocycles. The van der Waals surface area contributed by atoms with Crippen LogP contribution in [0.3, 0.4) is 0 Å². The Kier molecular flexibility index (Phi) is 18.0. The molecule has 0 N–H and O–H groups in total. The fourth-order valence-electron chi connectivity index (χ4n) is 10.9. The van der Waals surface area contributed by atoms with Gasteiger partial charge in [-0.15, -0.1) is 0 Å². The monoisotopic (exact) mass is 1120 g/mol. The second kappa shape index (κ2) is 24.7. The fraction of sp³-hybridized carbons (Fsp3) is 0.421. The molecule has 0 saturated heterocycles. The maximum absolute atomic E-state index is 7.40. The molecule has 1 aliphatic rings. The van der Waals surface area contributed by atoms with E-state index < -0.39 is 0 Å². The standard InChI is InChI=1S/C76H92N4O4/c1-47(2)43-81-69-51-31-55-39-61(75(13,14)15)41-57(71(55)83-45-63-25-21-29-67(79-63)65-27-19-23-49(5)77-65)33-53-37-60(74(10,11)12)38-54(70(53)82-44-48(3)4)34-58-42-62(76(16,17)18)40-56(32-52(69)36-59(35-51)73(7,8)9)72(58)84-46-64-26-22-30-68(80-64)66-28-20-24-50(6)78-66/h19-30,35-42,47-48H,31-34,43-46H2,1-18H3. The van der Waals surface area contributed by atoms with E-state index in [9.17, 15) is 0 Å². The highest BCUT2D eigenvalue weighted by Gasteiger charge is 2.30. The van der Waals surface area contributed by atoms with Crippen molar-refractivity contribution in [2.75, 3.05) is 13.2 Å². The Labute approximate surface area is 503 Å². The summed E-state index contributed by atoms with van der Waals surface area (Å²) < 4.78 is 29.3. The molecule has 4 heterocycles. The minimum Gasteiger partial charge on any atom is -0.493 e. The number of pyridine rings is 4. The third kappa shape index (κ3) is 14.9. The van der Waals surface area contributed by atoms with Gasteiger partial charge in [0.2, 0.25) is 0 Å². The van der Waals surface area contributed by atoms with E-state index in [2.05, 4.69) is 184 Å². The van der Waals surface area contributed by atoms with E-state index in [-0.39, 0.29) is 46.7 Å². The van der Waals surface area contributed by atoms with Crippen molar-refractivity contribution in [3.8, 4) is 45.8 Å². The first-order chi connectivity index (χ1) is 39.5. The molecule has 4 aromatic carbocycles. The molecular formula is C76H92N4O4. The lowest BCUT2D eigenvalue weighted by atomic mass is 9.79. The average Bonchev–Trinajstić information content (AvgIpc) is 3.49. The molecule has 0 atom stereocenters. The zero-order chi connectivity index (χ0) is 60.5. The molecule has 8 heteroatoms. The number of rotatable bonds is 14. The summed E-state index contributed by atoms with van der Waals surface area (Å²) >= 11 is 0. The Bertz CT molecular complexity index is 3320. The lowest BCUT2D eigenvalue weighted by Gasteiger charge is -2.29. The van der Waals surface area contributed by atoms with Crippen molar-refractivity contribution < 1.29 is 18.9 Å². The molecule has 0 amide bonds. The lowest BCUT2D eigenvalue weighted by molar-refractivity contribution is 0.265. The Morgan fingerprint density at radius 3 is 0.810 bits per heavy atom. The molecule has 0 spiro atoms. The predicted molar refractivity (Wildman–Crippen MR) is 346 cm³/mol. The zero-order valence-corrected chi connectivity index (χ0v) is 53.8. The van der Waals surface area contributed by atoms with Gasteiger partial charge in [0, 0.05) is 37.1 Å². The number of hydrogen-bond donors (Lipinski definition) is 0. The van der Waals surface area contributed by atoms with Crippen LogP contribution in [-0.2, 0) is 60.6 Å². The van der Waals surface area contributed by atoms with Gasteiger partial charge in [0.1, 0.15) is 36.2 Å². The van der Waals surface area contributed by atoms with Crippen molar-refractivity contribution in [3.63, 3.8) is 0 Å². The maximum atomic E-state index is 7.40. The van der Waals surface area contributed by atoms with Crippen LogP contribution in [0.4, 0.5) is 0 Å². The molecule has 8 aromatic rings. The number of aryl methyl sites for hydroxylation is 2. The SMILES string of the molecule is Cc1cccc(-c2cccc(COc3c4cc(C(C)(C)C)cc3Cc3cc(C(C)(C)C)cc(c3OCC(C)C)Cc3cc(C(C)(C)C)cc(c3OCc3cccc(-c5cccc(C)n5)n3)Cc3cc(C(C)(C)C)cc(c3OCC(C)C)C4)n2)n1. The average molecular weight is 1130 g/mol. The Hall–Kier alpha value is -7.32. The number of fused-ring (bicyclic) bond motifs is 8. The molecule has 84 heavy (non-hydrogen) atoms. The van der Waals surface area contributed by atoms with Crippen molar-refractivity contribution in [2.24, 2.45) is 11.8 Å². The van der Waals surface area contributed by atoms with Gasteiger partial charge in [0.15, 0.2) is 0 Å². The van der Waals surface area contributed by atoms with Gasteiger partial charge in [-0.3, -0.25) is 9.97 Å². The van der Waals surface area contributed by atoms with Crippen molar-refractivity contribution in [3.05, 3.63) is 211 Å². The quantitative estimate of drug-likeness (QED) is 0.106. The van der Waals surface area contributed by atoms with Crippen molar-refractivity contribution in [1.82, 2.24) is 19.9 Å². The molecule has 9 rings (SSSR count). The van der Waals surface area contributed by atoms with E-state index in [1.807, 2.05) is 62.4 Å². The van der Waals surface area contributed by atoms with Gasteiger partial charge in [-0.05, 0) is 163 Å². The molecule has 4 aromatic heterocycles. The van der Waals surface area contributed by atoms with E-state index in [0.717, 1.165) is 113 Å². The van der Waals surface area contributed by atoms with Crippen molar-refractivity contribution >= 4 is 0 Å². The lowest BCUT2D eigenvalue weighted by Crippen LogP contribution is -2.18. The summed E-state index contributed by atoms with van der Waals surface area (Å²) in [5.74, 6) is 4.11. The highest BCUT2D eigenvalue weighted by atomic mass is 16.5. The molecule has 8 bridgehead atoms. The van der Waals surface area contributed by atoms with Crippen LogP contribution in [0, 0.1) is 25.7 Å². The van der Waals surface area contributed by atoms with Gasteiger partial charge in [0.05, 0.1) is 47.4 Å². The molecule has 440 valence electrons. The van der Waals surface area contributed by atoms with Crippen LogP contribution in [0.5, 0.6) is 23.0 Å². The van der Waals surface area contributed by atoms with Crippen molar-refractivity contribution in [1.29, 1.82) is 0 Å². The molecule has 1 aliphatic carbocycles. The number of ether oxygens (including phenoxy) is 4. The number of nitrogens with zero attached hydrogens (tertiary/aromatic N) is 4. The zero-order valence-electron chi connectivity index (χ0n) is 53.8. The van der Waals surface area contributed by atoms with Crippen LogP contribution in [-0.4, -0.2) is 33.1 Å². The van der Waals surface area contributed by atoms with Crippen LogP contribution in [0.1, 0.15) is 200 Å². The van der Waals surface area contributed by atoms with Gasteiger partial charge in [-0.1, -0.05) is 184 Å². The highest BCUT2D eigenvalue weighted by molar-refractivity contribution is 5.61. The first-order valence-corrected chi connectivity index (χ1v) is 30.5. The largest absolute Gasteiger partial charge is 0.493 e. The Morgan fingerprint density at radius 2 is 0.571 bits per heavy atom. The van der Waals surface area contributed by atoms with Crippen LogP contribution >= 0.6 is 0 Å². The number of aromatic nitrogens is 4. The third-order valence-electron chi connectivity index (χ3n) is 15.7. The summed E-state index contributed by atoms with van der Waals surface area (Å²) in [5.41, 5.74) is 19.9. The summed E-state index contributed by atoms with van der Waals surface area (Å²) in [4.78, 5) is 20.0. The van der Waals surface area contributed by atoms with E-state index >= 15 is 0 Å². The smallest absolute Gasteiger partial charge is 0.130 e. The first kappa shape index (κ1) is 61.2. The molecule has 0 unspecified atom stereocenters. The second-order valence-electron chi connectivity index (χ2n) is 28.5. The molecular weight excluding hydrogens is 1030 g/mol. The predicted octanol–water partition coefficient (Wildman–Crippen LogP) is 18.3. The second-order valence-corrected chi connectivity index (χ2v) is 28.5. The topological polar surface area (TPSA) is 88.5 Å². The molecule has 0 radical (unpaired) electrons. The summed E-state index contributed by atoms with van der Waals surface area (Å²) in [7, 11) is 0. The number of benzene rings is 4. The number of hydrogen-bond acceptors (Lipinski definition) is 8. The summed E-state index contributed by atoms with van der Waals surface area (Å²) in [5, 5.41) is 0. The van der Waals surface area contributed by atoms with E-state index in [1.165, 1.54) is 22.3 Å². The van der Waals surface area contributed by atoms with Crippen LogP contribution in [0.25, 0.3) is 22.8 Å². The van der Waals surface area contributed by atoms with Gasteiger partial charge >= 0.3 is 0 Å². The van der Waals surface area contributed by atoms with Crippen LogP contribution in [0.2, 0.25) is 0 Å². The normalized spacial score (nSPS) is 13.1. The fourth-order valence-corrected chi connectivity index (χ4v) is 10.9. The highest BCUT2D eigenvalue weighted by Crippen LogP contribution is 2.45. The molecule has 0 saturated carbocycles. The Balaban J connectivity index is 1.34.